The van der Waals surface area contributed by atoms with Crippen LogP contribution in [0.4, 0.5) is 18.9 Å². The van der Waals surface area contributed by atoms with Gasteiger partial charge in [0, 0.05) is 5.56 Å². The van der Waals surface area contributed by atoms with Gasteiger partial charge in [-0.15, -0.1) is 0 Å². The largest absolute Gasteiger partial charge is 0.416 e. The van der Waals surface area contributed by atoms with Gasteiger partial charge in [0.15, 0.2) is 0 Å². The minimum absolute atomic E-state index is 0.242. The molecule has 0 aliphatic rings. The molecule has 0 spiro atoms. The first-order valence-electron chi connectivity index (χ1n) is 7.62. The van der Waals surface area contributed by atoms with E-state index in [-0.39, 0.29) is 4.90 Å². The molecular formula is C19H14F3NO2S. The predicted molar refractivity (Wildman–Crippen MR) is 94.1 cm³/mol. The summed E-state index contributed by atoms with van der Waals surface area (Å²) in [5.74, 6) is 0. The first-order chi connectivity index (χ1) is 12.3. The van der Waals surface area contributed by atoms with Gasteiger partial charge in [-0.2, -0.15) is 13.2 Å². The SMILES string of the molecule is O=S(=O)(Nc1ccccc1-c1ccccc1)c1ccc(C(F)(F)F)cc1. The van der Waals surface area contributed by atoms with Crippen LogP contribution in [0.2, 0.25) is 0 Å². The van der Waals surface area contributed by atoms with E-state index in [2.05, 4.69) is 4.72 Å². The highest BCUT2D eigenvalue weighted by atomic mass is 32.2. The lowest BCUT2D eigenvalue weighted by atomic mass is 10.0. The minimum Gasteiger partial charge on any atom is -0.279 e. The van der Waals surface area contributed by atoms with Crippen molar-refractivity contribution in [3.63, 3.8) is 0 Å². The number of nitrogens with one attached hydrogen (secondary N) is 1. The highest BCUT2D eigenvalue weighted by Crippen LogP contribution is 2.31. The molecule has 3 rings (SSSR count). The Morgan fingerprint density at radius 3 is 1.92 bits per heavy atom. The van der Waals surface area contributed by atoms with Crippen molar-refractivity contribution in [3.05, 3.63) is 84.4 Å². The van der Waals surface area contributed by atoms with Crippen molar-refractivity contribution in [3.8, 4) is 11.1 Å². The van der Waals surface area contributed by atoms with Crippen LogP contribution in [0.3, 0.4) is 0 Å². The van der Waals surface area contributed by atoms with E-state index in [4.69, 9.17) is 0 Å². The van der Waals surface area contributed by atoms with Crippen LogP contribution in [0.5, 0.6) is 0 Å². The molecule has 0 atom stereocenters. The number of anilines is 1. The molecule has 134 valence electrons. The highest BCUT2D eigenvalue weighted by molar-refractivity contribution is 7.92. The lowest BCUT2D eigenvalue weighted by Crippen LogP contribution is -2.14. The third-order valence-electron chi connectivity index (χ3n) is 3.75. The molecule has 0 aromatic heterocycles. The molecule has 0 aliphatic heterocycles. The van der Waals surface area contributed by atoms with E-state index in [0.29, 0.717) is 11.3 Å². The zero-order valence-corrected chi connectivity index (χ0v) is 14.2. The summed E-state index contributed by atoms with van der Waals surface area (Å²) >= 11 is 0. The summed E-state index contributed by atoms with van der Waals surface area (Å²) in [6.07, 6.45) is -4.52. The van der Waals surface area contributed by atoms with E-state index >= 15 is 0 Å². The first-order valence-corrected chi connectivity index (χ1v) is 9.10. The van der Waals surface area contributed by atoms with E-state index in [1.165, 1.54) is 0 Å². The molecule has 3 aromatic carbocycles. The highest BCUT2D eigenvalue weighted by Gasteiger charge is 2.30. The van der Waals surface area contributed by atoms with Crippen molar-refractivity contribution in [2.75, 3.05) is 4.72 Å². The van der Waals surface area contributed by atoms with Crippen LogP contribution in [0.25, 0.3) is 11.1 Å². The molecule has 0 bridgehead atoms. The lowest BCUT2D eigenvalue weighted by molar-refractivity contribution is -0.137. The number of alkyl halides is 3. The molecular weight excluding hydrogens is 363 g/mol. The van der Waals surface area contributed by atoms with Crippen LogP contribution in [0.1, 0.15) is 5.56 Å². The van der Waals surface area contributed by atoms with Gasteiger partial charge < -0.3 is 0 Å². The van der Waals surface area contributed by atoms with E-state index in [9.17, 15) is 21.6 Å². The molecule has 7 heteroatoms. The van der Waals surface area contributed by atoms with Crippen LogP contribution in [0, 0.1) is 0 Å². The second-order valence-corrected chi connectivity index (χ2v) is 7.22. The second-order valence-electron chi connectivity index (χ2n) is 5.54. The molecule has 1 N–H and O–H groups in total. The Morgan fingerprint density at radius 1 is 0.731 bits per heavy atom. The summed E-state index contributed by atoms with van der Waals surface area (Å²) in [4.78, 5) is -0.242. The van der Waals surface area contributed by atoms with Gasteiger partial charge in [0.1, 0.15) is 0 Å². The smallest absolute Gasteiger partial charge is 0.279 e. The van der Waals surface area contributed by atoms with Crippen LogP contribution in [0.15, 0.2) is 83.8 Å². The topological polar surface area (TPSA) is 46.2 Å². The number of hydrogen-bond acceptors (Lipinski definition) is 2. The maximum atomic E-state index is 12.6. The van der Waals surface area contributed by atoms with Gasteiger partial charge in [0.05, 0.1) is 16.1 Å². The Hall–Kier alpha value is -2.80. The quantitative estimate of drug-likeness (QED) is 0.682. The summed E-state index contributed by atoms with van der Waals surface area (Å²) in [6.45, 7) is 0. The molecule has 0 saturated carbocycles. The number of benzene rings is 3. The number of sulfonamides is 1. The zero-order valence-electron chi connectivity index (χ0n) is 13.4. The van der Waals surface area contributed by atoms with Crippen molar-refractivity contribution in [2.24, 2.45) is 0 Å². The van der Waals surface area contributed by atoms with Crippen molar-refractivity contribution >= 4 is 15.7 Å². The fraction of sp³-hybridized carbons (Fsp3) is 0.0526. The van der Waals surface area contributed by atoms with Gasteiger partial charge in [-0.3, -0.25) is 4.72 Å². The number of hydrogen-bond donors (Lipinski definition) is 1. The van der Waals surface area contributed by atoms with Crippen molar-refractivity contribution < 1.29 is 21.6 Å². The molecule has 3 aromatic rings. The average Bonchev–Trinajstić information content (AvgIpc) is 2.62. The third-order valence-corrected chi connectivity index (χ3v) is 5.13. The molecule has 0 unspecified atom stereocenters. The summed E-state index contributed by atoms with van der Waals surface area (Å²) in [5.41, 5.74) is 0.932. The normalized spacial score (nSPS) is 12.0. The summed E-state index contributed by atoms with van der Waals surface area (Å²) in [7, 11) is -4.02. The third kappa shape index (κ3) is 3.88. The van der Waals surface area contributed by atoms with E-state index < -0.39 is 21.8 Å². The molecule has 0 heterocycles. The van der Waals surface area contributed by atoms with Crippen LogP contribution in [-0.4, -0.2) is 8.42 Å². The number of halogens is 3. The Morgan fingerprint density at radius 2 is 1.31 bits per heavy atom. The molecule has 0 amide bonds. The Bertz CT molecular complexity index is 999. The Labute approximate surface area is 149 Å². The molecule has 0 radical (unpaired) electrons. The van der Waals surface area contributed by atoms with Crippen molar-refractivity contribution in [1.82, 2.24) is 0 Å². The summed E-state index contributed by atoms with van der Waals surface area (Å²) < 4.78 is 65.5. The molecule has 0 saturated heterocycles. The average molecular weight is 377 g/mol. The Balaban J connectivity index is 1.94. The van der Waals surface area contributed by atoms with Gasteiger partial charge in [0.2, 0.25) is 0 Å². The lowest BCUT2D eigenvalue weighted by Gasteiger charge is -2.13. The van der Waals surface area contributed by atoms with Crippen molar-refractivity contribution in [2.45, 2.75) is 11.1 Å². The standard InChI is InChI=1S/C19H14F3NO2S/c20-19(21,22)15-10-12-16(13-11-15)26(24,25)23-18-9-5-4-8-17(18)14-6-2-1-3-7-14/h1-13,23H. The van der Waals surface area contributed by atoms with Gasteiger partial charge in [0.25, 0.3) is 10.0 Å². The van der Waals surface area contributed by atoms with Gasteiger partial charge in [-0.05, 0) is 35.9 Å². The second kappa shape index (κ2) is 6.84. The van der Waals surface area contributed by atoms with Gasteiger partial charge >= 0.3 is 6.18 Å². The first kappa shape index (κ1) is 18.0. The fourth-order valence-electron chi connectivity index (χ4n) is 2.47. The van der Waals surface area contributed by atoms with Crippen LogP contribution in [-0.2, 0) is 16.2 Å². The predicted octanol–water partition coefficient (Wildman–Crippen LogP) is 5.17. The fourth-order valence-corrected chi connectivity index (χ4v) is 3.55. The monoisotopic (exact) mass is 377 g/mol. The van der Waals surface area contributed by atoms with Gasteiger partial charge in [-0.25, -0.2) is 8.42 Å². The van der Waals surface area contributed by atoms with Crippen LogP contribution >= 0.6 is 0 Å². The zero-order chi connectivity index (χ0) is 18.8. The van der Waals surface area contributed by atoms with E-state index in [0.717, 1.165) is 29.8 Å². The molecule has 0 aliphatic carbocycles. The summed E-state index contributed by atoms with van der Waals surface area (Å²) in [6, 6.07) is 19.4. The van der Waals surface area contributed by atoms with Crippen LogP contribution < -0.4 is 4.72 Å². The molecule has 0 fully saturated rings. The minimum atomic E-state index is -4.52. The number of para-hydroxylation sites is 1. The maximum Gasteiger partial charge on any atom is 0.416 e. The van der Waals surface area contributed by atoms with E-state index in [1.54, 1.807) is 24.3 Å². The van der Waals surface area contributed by atoms with E-state index in [1.807, 2.05) is 30.3 Å². The number of rotatable bonds is 4. The van der Waals surface area contributed by atoms with Gasteiger partial charge in [-0.1, -0.05) is 48.5 Å². The summed E-state index contributed by atoms with van der Waals surface area (Å²) in [5, 5.41) is 0. The maximum absolute atomic E-state index is 12.6. The molecule has 3 nitrogen and oxygen atoms in total. The van der Waals surface area contributed by atoms with Crippen molar-refractivity contribution in [1.29, 1.82) is 0 Å². The molecule has 26 heavy (non-hydrogen) atoms. The Kier molecular flexibility index (Phi) is 4.73.